The van der Waals surface area contributed by atoms with E-state index in [1.165, 1.54) is 30.0 Å². The minimum absolute atomic E-state index is 0.000680. The summed E-state index contributed by atoms with van der Waals surface area (Å²) < 4.78 is 20.8. The smallest absolute Gasteiger partial charge is 0.272 e. The third-order valence-corrected chi connectivity index (χ3v) is 5.84. The van der Waals surface area contributed by atoms with Crippen LogP contribution in [0.15, 0.2) is 54.6 Å². The number of hydrogen-bond donors (Lipinski definition) is 3. The molecule has 1 aliphatic rings. The summed E-state index contributed by atoms with van der Waals surface area (Å²) in [6, 6.07) is 13.5. The Morgan fingerprint density at radius 3 is 2.66 bits per heavy atom. The van der Waals surface area contributed by atoms with Gasteiger partial charge in [-0.2, -0.15) is 9.78 Å². The lowest BCUT2D eigenvalue weighted by Gasteiger charge is -2.21. The van der Waals surface area contributed by atoms with Crippen molar-refractivity contribution in [2.24, 2.45) is 0 Å². The van der Waals surface area contributed by atoms with E-state index >= 15 is 0 Å². The topological polar surface area (TPSA) is 114 Å². The first-order valence-corrected chi connectivity index (χ1v) is 11.2. The van der Waals surface area contributed by atoms with E-state index in [2.05, 4.69) is 21.0 Å². The van der Waals surface area contributed by atoms with E-state index in [1.807, 2.05) is 31.2 Å². The van der Waals surface area contributed by atoms with Crippen molar-refractivity contribution in [3.05, 3.63) is 77.2 Å². The maximum absolute atomic E-state index is 14.3. The monoisotopic (exact) mass is 479 g/mol. The standard InChI is InChI=1S/C25H26FN5O4/c1-15-7-3-4-8-16(15)19(13-22(32)28-18-11-12-27-24(18)33)29-25(34)20-14-23(35-2)31(30-20)21-10-6-5-9-17(21)26/h3-10,14,18-19H,11-13H2,1-2H3,(H,27,33)(H,28,32)(H,29,34)/t18-,19?/m0/s1. The van der Waals surface area contributed by atoms with E-state index in [4.69, 9.17) is 4.74 Å². The molecule has 182 valence electrons. The summed E-state index contributed by atoms with van der Waals surface area (Å²) in [5.74, 6) is -1.49. The Labute approximate surface area is 201 Å². The van der Waals surface area contributed by atoms with Gasteiger partial charge in [0, 0.05) is 12.6 Å². The molecule has 0 radical (unpaired) electrons. The number of amides is 3. The van der Waals surface area contributed by atoms with Gasteiger partial charge in [0.05, 0.1) is 19.6 Å². The number of benzene rings is 2. The number of carbonyl (C=O) groups is 3. The van der Waals surface area contributed by atoms with E-state index in [1.54, 1.807) is 12.1 Å². The first-order chi connectivity index (χ1) is 16.9. The summed E-state index contributed by atoms with van der Waals surface area (Å²) in [4.78, 5) is 37.8. The van der Waals surface area contributed by atoms with Crippen LogP contribution in [0.5, 0.6) is 5.88 Å². The maximum Gasteiger partial charge on any atom is 0.272 e. The zero-order valence-electron chi connectivity index (χ0n) is 19.4. The Hall–Kier alpha value is -4.21. The molecule has 1 fully saturated rings. The Balaban J connectivity index is 1.58. The number of halogens is 1. The Morgan fingerprint density at radius 2 is 1.97 bits per heavy atom. The first kappa shape index (κ1) is 23.9. The van der Waals surface area contributed by atoms with E-state index in [0.717, 1.165) is 11.1 Å². The van der Waals surface area contributed by atoms with Gasteiger partial charge in [-0.3, -0.25) is 14.4 Å². The van der Waals surface area contributed by atoms with Crippen LogP contribution in [0.1, 0.15) is 40.5 Å². The van der Waals surface area contributed by atoms with Gasteiger partial charge in [0.1, 0.15) is 17.5 Å². The van der Waals surface area contributed by atoms with E-state index in [9.17, 15) is 18.8 Å². The molecule has 3 amide bonds. The van der Waals surface area contributed by atoms with Crippen molar-refractivity contribution < 1.29 is 23.5 Å². The molecular weight excluding hydrogens is 453 g/mol. The fourth-order valence-corrected chi connectivity index (χ4v) is 4.04. The molecule has 10 heteroatoms. The van der Waals surface area contributed by atoms with Crippen molar-refractivity contribution in [2.75, 3.05) is 13.7 Å². The van der Waals surface area contributed by atoms with Crippen LogP contribution in [0.25, 0.3) is 5.69 Å². The average Bonchev–Trinajstić information content (AvgIpc) is 3.45. The van der Waals surface area contributed by atoms with Crippen LogP contribution in [0.2, 0.25) is 0 Å². The lowest BCUT2D eigenvalue weighted by molar-refractivity contribution is -0.127. The molecule has 2 heterocycles. The summed E-state index contributed by atoms with van der Waals surface area (Å²) >= 11 is 0. The number of methoxy groups -OCH3 is 1. The van der Waals surface area contributed by atoms with Crippen molar-refractivity contribution in [2.45, 2.75) is 31.8 Å². The van der Waals surface area contributed by atoms with Crippen LogP contribution in [0, 0.1) is 12.7 Å². The van der Waals surface area contributed by atoms with E-state index in [-0.39, 0.29) is 35.5 Å². The Morgan fingerprint density at radius 1 is 1.23 bits per heavy atom. The first-order valence-electron chi connectivity index (χ1n) is 11.2. The van der Waals surface area contributed by atoms with Crippen LogP contribution in [-0.4, -0.2) is 47.2 Å². The van der Waals surface area contributed by atoms with Crippen molar-refractivity contribution in [1.82, 2.24) is 25.7 Å². The number of carbonyl (C=O) groups excluding carboxylic acids is 3. The van der Waals surface area contributed by atoms with E-state index in [0.29, 0.717) is 13.0 Å². The number of nitrogens with one attached hydrogen (secondary N) is 3. The number of nitrogens with zero attached hydrogens (tertiary/aromatic N) is 2. The van der Waals surface area contributed by atoms with Crippen LogP contribution in [-0.2, 0) is 9.59 Å². The summed E-state index contributed by atoms with van der Waals surface area (Å²) in [6.45, 7) is 2.39. The minimum atomic E-state index is -0.683. The van der Waals surface area contributed by atoms with Gasteiger partial charge in [-0.15, -0.1) is 0 Å². The highest BCUT2D eigenvalue weighted by Gasteiger charge is 2.28. The Kier molecular flexibility index (Phi) is 7.09. The quantitative estimate of drug-likeness (QED) is 0.458. The molecule has 1 aromatic heterocycles. The highest BCUT2D eigenvalue weighted by molar-refractivity contribution is 5.94. The molecular formula is C25H26FN5O4. The highest BCUT2D eigenvalue weighted by atomic mass is 19.1. The minimum Gasteiger partial charge on any atom is -0.481 e. The molecule has 3 aromatic rings. The highest BCUT2D eigenvalue weighted by Crippen LogP contribution is 2.24. The predicted molar refractivity (Wildman–Crippen MR) is 126 cm³/mol. The lowest BCUT2D eigenvalue weighted by Crippen LogP contribution is -2.42. The summed E-state index contributed by atoms with van der Waals surface area (Å²) in [5, 5.41) is 12.5. The fraction of sp³-hybridized carbons (Fsp3) is 0.280. The number of para-hydroxylation sites is 1. The second-order valence-corrected chi connectivity index (χ2v) is 8.22. The lowest BCUT2D eigenvalue weighted by atomic mass is 9.98. The van der Waals surface area contributed by atoms with Crippen molar-refractivity contribution in [3.8, 4) is 11.6 Å². The van der Waals surface area contributed by atoms with Crippen molar-refractivity contribution in [3.63, 3.8) is 0 Å². The van der Waals surface area contributed by atoms with Gasteiger partial charge in [0.2, 0.25) is 17.7 Å². The molecule has 0 bridgehead atoms. The third kappa shape index (κ3) is 5.32. The third-order valence-electron chi connectivity index (χ3n) is 5.84. The SMILES string of the molecule is COc1cc(C(=O)NC(CC(=O)N[C@H]2CCNC2=O)c2ccccc2C)nn1-c1ccccc1F. The number of hydrogen-bond acceptors (Lipinski definition) is 5. The van der Waals surface area contributed by atoms with Gasteiger partial charge < -0.3 is 20.7 Å². The maximum atomic E-state index is 14.3. The van der Waals surface area contributed by atoms with Crippen LogP contribution in [0.3, 0.4) is 0 Å². The van der Waals surface area contributed by atoms with Gasteiger partial charge in [-0.25, -0.2) is 4.39 Å². The molecule has 1 saturated heterocycles. The molecule has 35 heavy (non-hydrogen) atoms. The average molecular weight is 480 g/mol. The Bertz CT molecular complexity index is 1260. The largest absolute Gasteiger partial charge is 0.481 e. The van der Waals surface area contributed by atoms with Gasteiger partial charge in [-0.05, 0) is 36.6 Å². The molecule has 2 atom stereocenters. The molecule has 9 nitrogen and oxygen atoms in total. The second-order valence-electron chi connectivity index (χ2n) is 8.22. The number of aryl methyl sites for hydroxylation is 1. The van der Waals surface area contributed by atoms with Gasteiger partial charge >= 0.3 is 0 Å². The second kappa shape index (κ2) is 10.4. The normalized spacial score (nSPS) is 15.9. The summed E-state index contributed by atoms with van der Waals surface area (Å²) in [5.41, 5.74) is 1.78. The number of ether oxygens (including phenoxy) is 1. The molecule has 0 aliphatic carbocycles. The predicted octanol–water partition coefficient (Wildman–Crippen LogP) is 2.19. The zero-order chi connectivity index (χ0) is 24.9. The molecule has 0 spiro atoms. The fourth-order valence-electron chi connectivity index (χ4n) is 4.04. The summed E-state index contributed by atoms with van der Waals surface area (Å²) in [6.07, 6.45) is 0.435. The molecule has 3 N–H and O–H groups in total. The molecule has 2 aromatic carbocycles. The molecule has 0 saturated carbocycles. The molecule has 1 unspecified atom stereocenters. The van der Waals surface area contributed by atoms with Gasteiger partial charge in [-0.1, -0.05) is 36.4 Å². The van der Waals surface area contributed by atoms with Crippen LogP contribution >= 0.6 is 0 Å². The number of aromatic nitrogens is 2. The van der Waals surface area contributed by atoms with Crippen molar-refractivity contribution in [1.29, 1.82) is 0 Å². The summed E-state index contributed by atoms with van der Waals surface area (Å²) in [7, 11) is 1.40. The molecule has 4 rings (SSSR count). The van der Waals surface area contributed by atoms with Crippen molar-refractivity contribution >= 4 is 17.7 Å². The van der Waals surface area contributed by atoms with Gasteiger partial charge in [0.15, 0.2) is 5.69 Å². The van der Waals surface area contributed by atoms with Crippen LogP contribution < -0.4 is 20.7 Å². The van der Waals surface area contributed by atoms with Gasteiger partial charge in [0.25, 0.3) is 5.91 Å². The number of rotatable bonds is 8. The zero-order valence-corrected chi connectivity index (χ0v) is 19.4. The van der Waals surface area contributed by atoms with Crippen LogP contribution in [0.4, 0.5) is 4.39 Å². The van der Waals surface area contributed by atoms with E-state index < -0.39 is 23.8 Å². The molecule has 1 aliphatic heterocycles.